The van der Waals surface area contributed by atoms with Gasteiger partial charge >= 0.3 is 5.97 Å². The Kier molecular flexibility index (Phi) is 6.20. The number of carbonyl (C=O) groups is 3. The number of rotatable bonds is 7. The molecule has 27 heavy (non-hydrogen) atoms. The standard InChI is InChI=1S/C19H16N2O4S2/c1-12(22)20-14-8-6-13(7-9-14)16(23)10-25-18(24)11-26-19-21-15-4-2-3-5-17(15)27-19/h2-9H,10-11H2,1H3,(H,20,22). The lowest BCUT2D eigenvalue weighted by Crippen LogP contribution is -2.15. The van der Waals surface area contributed by atoms with Crippen LogP contribution in [0.5, 0.6) is 0 Å². The second kappa shape index (κ2) is 8.79. The van der Waals surface area contributed by atoms with Gasteiger partial charge < -0.3 is 10.1 Å². The van der Waals surface area contributed by atoms with Gasteiger partial charge in [-0.15, -0.1) is 11.3 Å². The number of nitrogens with zero attached hydrogens (tertiary/aromatic N) is 1. The van der Waals surface area contributed by atoms with Crippen molar-refractivity contribution in [3.63, 3.8) is 0 Å². The van der Waals surface area contributed by atoms with Gasteiger partial charge in [0, 0.05) is 18.2 Å². The number of ketones is 1. The van der Waals surface area contributed by atoms with Crippen molar-refractivity contribution < 1.29 is 19.1 Å². The SMILES string of the molecule is CC(=O)Nc1ccc(C(=O)COC(=O)CSc2nc3ccccc3s2)cc1. The maximum atomic E-state index is 12.1. The second-order valence-corrected chi connectivity index (χ2v) is 7.83. The lowest BCUT2D eigenvalue weighted by molar-refractivity contribution is -0.139. The monoisotopic (exact) mass is 400 g/mol. The Bertz CT molecular complexity index is 950. The summed E-state index contributed by atoms with van der Waals surface area (Å²) in [6.07, 6.45) is 0. The van der Waals surface area contributed by atoms with E-state index in [0.29, 0.717) is 11.3 Å². The zero-order valence-electron chi connectivity index (χ0n) is 14.4. The van der Waals surface area contributed by atoms with E-state index in [0.717, 1.165) is 14.6 Å². The van der Waals surface area contributed by atoms with E-state index in [9.17, 15) is 14.4 Å². The van der Waals surface area contributed by atoms with Crippen LogP contribution < -0.4 is 5.32 Å². The summed E-state index contributed by atoms with van der Waals surface area (Å²) in [4.78, 5) is 39.4. The van der Waals surface area contributed by atoms with Crippen LogP contribution in [0.1, 0.15) is 17.3 Å². The molecule has 0 aliphatic heterocycles. The van der Waals surface area contributed by atoms with Crippen LogP contribution in [-0.4, -0.2) is 35.0 Å². The van der Waals surface area contributed by atoms with Crippen molar-refractivity contribution in [2.45, 2.75) is 11.3 Å². The van der Waals surface area contributed by atoms with Gasteiger partial charge in [-0.05, 0) is 36.4 Å². The van der Waals surface area contributed by atoms with Crippen molar-refractivity contribution in [1.29, 1.82) is 0 Å². The number of carbonyl (C=O) groups excluding carboxylic acids is 3. The summed E-state index contributed by atoms with van der Waals surface area (Å²) >= 11 is 2.80. The zero-order valence-corrected chi connectivity index (χ0v) is 16.1. The van der Waals surface area contributed by atoms with E-state index in [1.54, 1.807) is 24.3 Å². The fourth-order valence-electron chi connectivity index (χ4n) is 2.25. The highest BCUT2D eigenvalue weighted by molar-refractivity contribution is 8.01. The van der Waals surface area contributed by atoms with E-state index in [1.165, 1.54) is 30.0 Å². The molecule has 0 aliphatic rings. The largest absolute Gasteiger partial charge is 0.457 e. The number of aromatic nitrogens is 1. The summed E-state index contributed by atoms with van der Waals surface area (Å²) in [5.41, 5.74) is 1.91. The summed E-state index contributed by atoms with van der Waals surface area (Å²) in [5.74, 6) is -0.868. The molecule has 0 saturated heterocycles. The number of hydrogen-bond donors (Lipinski definition) is 1. The van der Waals surface area contributed by atoms with Gasteiger partial charge in [0.05, 0.1) is 16.0 Å². The van der Waals surface area contributed by atoms with Crippen molar-refractivity contribution in [3.8, 4) is 0 Å². The first-order chi connectivity index (χ1) is 13.0. The van der Waals surface area contributed by atoms with Crippen LogP contribution in [0.4, 0.5) is 5.69 Å². The predicted molar refractivity (Wildman–Crippen MR) is 106 cm³/mol. The number of thiazole rings is 1. The summed E-state index contributed by atoms with van der Waals surface area (Å²) in [6, 6.07) is 14.2. The normalized spacial score (nSPS) is 10.6. The predicted octanol–water partition coefficient (Wildman–Crippen LogP) is 3.77. The van der Waals surface area contributed by atoms with Gasteiger partial charge in [-0.1, -0.05) is 23.9 Å². The van der Waals surface area contributed by atoms with Gasteiger partial charge in [0.2, 0.25) is 5.91 Å². The highest BCUT2D eigenvalue weighted by Crippen LogP contribution is 2.29. The van der Waals surface area contributed by atoms with Gasteiger partial charge in [0.15, 0.2) is 16.7 Å². The lowest BCUT2D eigenvalue weighted by Gasteiger charge is -2.05. The van der Waals surface area contributed by atoms with Crippen molar-refractivity contribution >= 4 is 56.7 Å². The van der Waals surface area contributed by atoms with Gasteiger partial charge in [0.25, 0.3) is 0 Å². The number of para-hydroxylation sites is 1. The molecule has 1 amide bonds. The van der Waals surface area contributed by atoms with Crippen molar-refractivity contribution in [2.75, 3.05) is 17.7 Å². The van der Waals surface area contributed by atoms with E-state index >= 15 is 0 Å². The van der Waals surface area contributed by atoms with Crippen LogP contribution in [0.2, 0.25) is 0 Å². The molecule has 0 aliphatic carbocycles. The molecule has 3 rings (SSSR count). The molecule has 8 heteroatoms. The molecule has 6 nitrogen and oxygen atoms in total. The maximum Gasteiger partial charge on any atom is 0.316 e. The third-order valence-corrected chi connectivity index (χ3v) is 5.63. The molecular formula is C19H16N2O4S2. The van der Waals surface area contributed by atoms with E-state index in [2.05, 4.69) is 10.3 Å². The van der Waals surface area contributed by atoms with Crippen LogP contribution >= 0.6 is 23.1 Å². The number of thioether (sulfide) groups is 1. The summed E-state index contributed by atoms with van der Waals surface area (Å²) in [6.45, 7) is 1.09. The van der Waals surface area contributed by atoms with Gasteiger partial charge in [-0.25, -0.2) is 4.98 Å². The van der Waals surface area contributed by atoms with E-state index in [1.807, 2.05) is 24.3 Å². The van der Waals surface area contributed by atoms with Crippen LogP contribution in [0.25, 0.3) is 10.2 Å². The molecule has 0 spiro atoms. The minimum Gasteiger partial charge on any atom is -0.457 e. The minimum atomic E-state index is -0.470. The fourth-order valence-corrected chi connectivity index (χ4v) is 4.11. The molecule has 0 bridgehead atoms. The summed E-state index contributed by atoms with van der Waals surface area (Å²) in [5, 5.41) is 2.62. The van der Waals surface area contributed by atoms with Crippen LogP contribution in [0.3, 0.4) is 0 Å². The van der Waals surface area contributed by atoms with Gasteiger partial charge in [0.1, 0.15) is 0 Å². The summed E-state index contributed by atoms with van der Waals surface area (Å²) < 4.78 is 6.89. The Morgan fingerprint density at radius 1 is 1.11 bits per heavy atom. The fraction of sp³-hybridized carbons (Fsp3) is 0.158. The number of amides is 1. The Morgan fingerprint density at radius 2 is 1.85 bits per heavy atom. The number of hydrogen-bond acceptors (Lipinski definition) is 7. The number of anilines is 1. The first kappa shape index (κ1) is 19.1. The number of Topliss-reactive ketones (excluding diaryl/α,β-unsaturated/α-hetero) is 1. The molecule has 138 valence electrons. The van der Waals surface area contributed by atoms with Crippen molar-refractivity contribution in [1.82, 2.24) is 4.98 Å². The molecular weight excluding hydrogens is 384 g/mol. The van der Waals surface area contributed by atoms with Crippen molar-refractivity contribution in [2.24, 2.45) is 0 Å². The van der Waals surface area contributed by atoms with E-state index in [4.69, 9.17) is 4.74 Å². The molecule has 1 aromatic heterocycles. The number of nitrogens with one attached hydrogen (secondary N) is 1. The molecule has 0 saturated carbocycles. The highest BCUT2D eigenvalue weighted by Gasteiger charge is 2.12. The lowest BCUT2D eigenvalue weighted by atomic mass is 10.1. The Labute approximate surface area is 163 Å². The van der Waals surface area contributed by atoms with E-state index < -0.39 is 5.97 Å². The summed E-state index contributed by atoms with van der Waals surface area (Å²) in [7, 11) is 0. The Balaban J connectivity index is 1.46. The molecule has 0 fully saturated rings. The first-order valence-electron chi connectivity index (χ1n) is 8.06. The van der Waals surface area contributed by atoms with Crippen molar-refractivity contribution in [3.05, 3.63) is 54.1 Å². The molecule has 0 unspecified atom stereocenters. The molecule has 1 heterocycles. The third kappa shape index (κ3) is 5.38. The third-order valence-electron chi connectivity index (χ3n) is 3.48. The van der Waals surface area contributed by atoms with Crippen LogP contribution in [-0.2, 0) is 14.3 Å². The number of esters is 1. The second-order valence-electron chi connectivity index (χ2n) is 5.58. The Morgan fingerprint density at radius 3 is 2.56 bits per heavy atom. The highest BCUT2D eigenvalue weighted by atomic mass is 32.2. The van der Waals surface area contributed by atoms with Crippen LogP contribution in [0.15, 0.2) is 52.9 Å². The molecule has 1 N–H and O–H groups in total. The minimum absolute atomic E-state index is 0.0918. The average molecular weight is 400 g/mol. The van der Waals surface area contributed by atoms with E-state index in [-0.39, 0.29) is 24.1 Å². The number of ether oxygens (including phenoxy) is 1. The van der Waals surface area contributed by atoms with Crippen LogP contribution in [0, 0.1) is 0 Å². The quantitative estimate of drug-likeness (QED) is 0.369. The van der Waals surface area contributed by atoms with Gasteiger partial charge in [-0.3, -0.25) is 14.4 Å². The van der Waals surface area contributed by atoms with Gasteiger partial charge in [-0.2, -0.15) is 0 Å². The smallest absolute Gasteiger partial charge is 0.316 e. The molecule has 0 radical (unpaired) electrons. The number of fused-ring (bicyclic) bond motifs is 1. The topological polar surface area (TPSA) is 85.4 Å². The molecule has 0 atom stereocenters. The molecule has 2 aromatic carbocycles. The molecule has 3 aromatic rings. The Hall–Kier alpha value is -2.71. The number of benzene rings is 2. The average Bonchev–Trinajstić information content (AvgIpc) is 3.07. The maximum absolute atomic E-state index is 12.1. The first-order valence-corrected chi connectivity index (χ1v) is 9.86. The zero-order chi connectivity index (χ0) is 19.2.